The van der Waals surface area contributed by atoms with E-state index in [0.29, 0.717) is 12.1 Å². The van der Waals surface area contributed by atoms with Crippen LogP contribution in [0.4, 0.5) is 10.3 Å². The van der Waals surface area contributed by atoms with Gasteiger partial charge < -0.3 is 19.7 Å². The second-order valence-electron chi connectivity index (χ2n) is 6.42. The average Bonchev–Trinajstić information content (AvgIpc) is 3.06. The first-order valence-electron chi connectivity index (χ1n) is 8.10. The zero-order valence-electron chi connectivity index (χ0n) is 14.5. The van der Waals surface area contributed by atoms with Gasteiger partial charge in [-0.05, 0) is 13.8 Å². The Balaban J connectivity index is 1.77. The predicted molar refractivity (Wildman–Crippen MR) is 88.7 cm³/mol. The molecule has 142 valence electrons. The molecule has 2 aliphatic rings. The molecule has 0 bridgehead atoms. The van der Waals surface area contributed by atoms with E-state index < -0.39 is 31.7 Å². The number of rotatable bonds is 3. The molecule has 2 N–H and O–H groups in total. The Bertz CT molecular complexity index is 905. The summed E-state index contributed by atoms with van der Waals surface area (Å²) in [7, 11) is -3.32. The van der Waals surface area contributed by atoms with Crippen LogP contribution < -0.4 is 10.5 Å². The summed E-state index contributed by atoms with van der Waals surface area (Å²) < 4.78 is 50.9. The van der Waals surface area contributed by atoms with Gasteiger partial charge in [-0.25, -0.2) is 9.37 Å². The number of anilines is 1. The van der Waals surface area contributed by atoms with E-state index in [4.69, 9.17) is 24.3 Å². The lowest BCUT2D eigenvalue weighted by Gasteiger charge is -2.33. The summed E-state index contributed by atoms with van der Waals surface area (Å²) in [4.78, 5) is 12.4. The minimum atomic E-state index is -3.32. The number of ether oxygens (including phenoxy) is 2. The molecule has 2 saturated heterocycles. The summed E-state index contributed by atoms with van der Waals surface area (Å²) in [5, 5.41) is 0. The van der Waals surface area contributed by atoms with Gasteiger partial charge >= 0.3 is 7.60 Å². The minimum Gasteiger partial charge on any atom is -0.476 e. The molecule has 2 aliphatic heterocycles. The van der Waals surface area contributed by atoms with E-state index >= 15 is 4.39 Å². The fourth-order valence-corrected chi connectivity index (χ4v) is 4.50. The molecule has 0 radical (unpaired) electrons. The van der Waals surface area contributed by atoms with Gasteiger partial charge in [-0.3, -0.25) is 13.7 Å². The van der Waals surface area contributed by atoms with Gasteiger partial charge in [0.15, 0.2) is 23.1 Å². The number of aromatic nitrogens is 4. The molecule has 0 amide bonds. The molecule has 2 aromatic heterocycles. The smallest absolute Gasteiger partial charge is 0.328 e. The first-order valence-corrected chi connectivity index (χ1v) is 10.1. The number of fused-ring (bicyclic) bond motifs is 2. The standard InChI is InChI=1S/C14H19FN5O5P/c1-4-22-11-8-10(18-13(16)19-11)20(6-17-8)12-14(2,15)9-7(24-12)5-23-26(3,21)25-9/h6-7,9,12H,4-5H2,1-3H3,(H2,16,18,19)/t7-,9-,12-,14-,26+/m1/s1. The minimum absolute atomic E-state index is 0.0254. The van der Waals surface area contributed by atoms with E-state index in [2.05, 4.69) is 15.0 Å². The molecule has 26 heavy (non-hydrogen) atoms. The molecule has 12 heteroatoms. The van der Waals surface area contributed by atoms with Gasteiger partial charge in [-0.15, -0.1) is 0 Å². The molecule has 2 aromatic rings. The third-order valence-corrected chi connectivity index (χ3v) is 5.63. The van der Waals surface area contributed by atoms with Crippen LogP contribution in [-0.4, -0.2) is 57.3 Å². The van der Waals surface area contributed by atoms with Crippen molar-refractivity contribution < 1.29 is 27.5 Å². The Hall–Kier alpha value is -1.81. The van der Waals surface area contributed by atoms with Crippen LogP contribution >= 0.6 is 7.60 Å². The summed E-state index contributed by atoms with van der Waals surface area (Å²) in [5.41, 5.74) is 4.36. The number of halogens is 1. The lowest BCUT2D eigenvalue weighted by atomic mass is 9.98. The van der Waals surface area contributed by atoms with Crippen molar-refractivity contribution in [2.45, 2.75) is 38.0 Å². The first kappa shape index (κ1) is 17.6. The van der Waals surface area contributed by atoms with Crippen molar-refractivity contribution in [2.24, 2.45) is 0 Å². The van der Waals surface area contributed by atoms with E-state index in [1.165, 1.54) is 24.5 Å². The molecule has 0 unspecified atom stereocenters. The van der Waals surface area contributed by atoms with Crippen LogP contribution in [0.15, 0.2) is 6.33 Å². The number of hydrogen-bond acceptors (Lipinski definition) is 9. The molecule has 4 heterocycles. The maximum Gasteiger partial charge on any atom is 0.328 e. The van der Waals surface area contributed by atoms with Crippen molar-refractivity contribution in [1.29, 1.82) is 0 Å². The van der Waals surface area contributed by atoms with E-state index in [0.717, 1.165) is 0 Å². The SMILES string of the molecule is CCOc1nc(N)nc2c1ncn2[C@@H]1O[C@@H]2CO[P@](C)(=O)O[C@H]2[C@@]1(C)F. The fraction of sp³-hybridized carbons (Fsp3) is 0.643. The largest absolute Gasteiger partial charge is 0.476 e. The Morgan fingerprint density at radius 3 is 3.04 bits per heavy atom. The highest BCUT2D eigenvalue weighted by atomic mass is 31.2. The van der Waals surface area contributed by atoms with Crippen LogP contribution in [-0.2, 0) is 18.3 Å². The Kier molecular flexibility index (Phi) is 3.96. The number of alkyl halides is 1. The number of nitrogens with zero attached hydrogens (tertiary/aromatic N) is 4. The Labute approximate surface area is 148 Å². The van der Waals surface area contributed by atoms with Crippen molar-refractivity contribution in [1.82, 2.24) is 19.5 Å². The molecule has 0 saturated carbocycles. The van der Waals surface area contributed by atoms with Crippen molar-refractivity contribution in [3.63, 3.8) is 0 Å². The van der Waals surface area contributed by atoms with E-state index in [9.17, 15) is 4.57 Å². The van der Waals surface area contributed by atoms with Gasteiger partial charge in [0.1, 0.15) is 12.2 Å². The molecule has 5 atom stereocenters. The highest BCUT2D eigenvalue weighted by molar-refractivity contribution is 7.53. The number of nitrogen functional groups attached to an aromatic ring is 1. The van der Waals surface area contributed by atoms with Gasteiger partial charge in [0, 0.05) is 6.66 Å². The summed E-state index contributed by atoms with van der Waals surface area (Å²) in [6.07, 6.45) is -1.49. The molecule has 10 nitrogen and oxygen atoms in total. The maximum absolute atomic E-state index is 15.6. The van der Waals surface area contributed by atoms with Crippen LogP contribution in [0.5, 0.6) is 5.88 Å². The fourth-order valence-electron chi connectivity index (χ4n) is 3.27. The summed E-state index contributed by atoms with van der Waals surface area (Å²) in [6, 6.07) is 0. The van der Waals surface area contributed by atoms with E-state index in [-0.39, 0.29) is 24.1 Å². The zero-order chi connectivity index (χ0) is 18.7. The second-order valence-corrected chi connectivity index (χ2v) is 8.43. The molecular weight excluding hydrogens is 368 g/mol. The summed E-state index contributed by atoms with van der Waals surface area (Å²) in [5.74, 6) is 0.179. The second kappa shape index (κ2) is 5.85. The number of nitrogens with two attached hydrogens (primary N) is 1. The van der Waals surface area contributed by atoms with Crippen molar-refractivity contribution in [3.05, 3.63) is 6.33 Å². The van der Waals surface area contributed by atoms with Crippen LogP contribution in [0.3, 0.4) is 0 Å². The number of hydrogen-bond donors (Lipinski definition) is 1. The lowest BCUT2D eigenvalue weighted by Crippen LogP contribution is -2.44. The van der Waals surface area contributed by atoms with Gasteiger partial charge in [-0.1, -0.05) is 0 Å². The van der Waals surface area contributed by atoms with Crippen LogP contribution in [0.2, 0.25) is 0 Å². The monoisotopic (exact) mass is 387 g/mol. The van der Waals surface area contributed by atoms with Crippen molar-refractivity contribution >= 4 is 24.7 Å². The first-order chi connectivity index (χ1) is 12.2. The van der Waals surface area contributed by atoms with Gasteiger partial charge in [-0.2, -0.15) is 9.97 Å². The Morgan fingerprint density at radius 1 is 1.54 bits per heavy atom. The predicted octanol–water partition coefficient (Wildman–Crippen LogP) is 1.67. The quantitative estimate of drug-likeness (QED) is 0.783. The molecule has 0 aliphatic carbocycles. The van der Waals surface area contributed by atoms with Crippen LogP contribution in [0, 0.1) is 0 Å². The molecule has 0 aromatic carbocycles. The lowest BCUT2D eigenvalue weighted by molar-refractivity contribution is -0.0594. The molecule has 2 fully saturated rings. The van der Waals surface area contributed by atoms with E-state index in [1.807, 2.05) is 0 Å². The molecule has 0 spiro atoms. The molecule has 4 rings (SSSR count). The highest BCUT2D eigenvalue weighted by Crippen LogP contribution is 2.56. The van der Waals surface area contributed by atoms with Gasteiger partial charge in [0.05, 0.1) is 19.5 Å². The normalized spacial score (nSPS) is 37.0. The third kappa shape index (κ3) is 2.66. The summed E-state index contributed by atoms with van der Waals surface area (Å²) in [6.45, 7) is 4.77. The van der Waals surface area contributed by atoms with Crippen molar-refractivity contribution in [2.75, 3.05) is 25.6 Å². The van der Waals surface area contributed by atoms with Gasteiger partial charge in [0.25, 0.3) is 0 Å². The average molecular weight is 387 g/mol. The van der Waals surface area contributed by atoms with E-state index in [1.54, 1.807) is 6.92 Å². The van der Waals surface area contributed by atoms with Crippen LogP contribution in [0.25, 0.3) is 11.2 Å². The number of imidazole rings is 1. The topological polar surface area (TPSA) is 124 Å². The van der Waals surface area contributed by atoms with Gasteiger partial charge in [0.2, 0.25) is 11.8 Å². The Morgan fingerprint density at radius 2 is 2.31 bits per heavy atom. The highest BCUT2D eigenvalue weighted by Gasteiger charge is 2.60. The maximum atomic E-state index is 15.6. The summed E-state index contributed by atoms with van der Waals surface area (Å²) >= 11 is 0. The zero-order valence-corrected chi connectivity index (χ0v) is 15.4. The van der Waals surface area contributed by atoms with Crippen LogP contribution in [0.1, 0.15) is 20.1 Å². The molecular formula is C14H19FN5O5P. The third-order valence-electron chi connectivity index (χ3n) is 4.40. The van der Waals surface area contributed by atoms with Crippen molar-refractivity contribution in [3.8, 4) is 5.88 Å².